The lowest BCUT2D eigenvalue weighted by atomic mass is 10.2. The second kappa shape index (κ2) is 4.27. The van der Waals surface area contributed by atoms with Crippen LogP contribution in [0, 0.1) is 0 Å². The molecule has 0 aromatic heterocycles. The van der Waals surface area contributed by atoms with Crippen LogP contribution in [0.3, 0.4) is 0 Å². The summed E-state index contributed by atoms with van der Waals surface area (Å²) in [6.07, 6.45) is 2.02. The molecule has 1 rings (SSSR count). The average molecular weight is 220 g/mol. The number of hydrogen-bond donors (Lipinski definition) is 1. The van der Waals surface area contributed by atoms with Crippen LogP contribution in [0.2, 0.25) is 0 Å². The van der Waals surface area contributed by atoms with Gasteiger partial charge in [-0.2, -0.15) is 0 Å². The molecule has 82 valence electrons. The molecule has 0 bridgehead atoms. The number of carbonyl (C=O) groups is 1. The van der Waals surface area contributed by atoms with Crippen molar-refractivity contribution in [2.75, 3.05) is 12.3 Å². The first-order chi connectivity index (χ1) is 6.44. The number of hydrogen-bond acceptors (Lipinski definition) is 3. The topological polar surface area (TPSA) is 80.5 Å². The summed E-state index contributed by atoms with van der Waals surface area (Å²) in [6.45, 7) is 2.43. The lowest BCUT2D eigenvalue weighted by molar-refractivity contribution is -0.131. The smallest absolute Gasteiger partial charge is 0.222 e. The van der Waals surface area contributed by atoms with Crippen molar-refractivity contribution < 1.29 is 13.2 Å². The Balaban J connectivity index is 2.65. The molecule has 0 radical (unpaired) electrons. The predicted octanol–water partition coefficient (Wildman–Crippen LogP) is -0.324. The van der Waals surface area contributed by atoms with Crippen LogP contribution in [0.25, 0.3) is 0 Å². The number of sulfonamides is 1. The van der Waals surface area contributed by atoms with E-state index < -0.39 is 10.0 Å². The molecule has 0 aromatic rings. The van der Waals surface area contributed by atoms with Gasteiger partial charge in [0.2, 0.25) is 15.9 Å². The molecule has 2 N–H and O–H groups in total. The summed E-state index contributed by atoms with van der Waals surface area (Å²) in [4.78, 5) is 13.0. The molecule has 1 unspecified atom stereocenters. The predicted molar refractivity (Wildman–Crippen MR) is 53.0 cm³/mol. The van der Waals surface area contributed by atoms with Crippen LogP contribution in [-0.2, 0) is 14.8 Å². The molecular weight excluding hydrogens is 204 g/mol. The number of primary sulfonamides is 1. The minimum Gasteiger partial charge on any atom is -0.339 e. The van der Waals surface area contributed by atoms with Crippen LogP contribution in [0.1, 0.15) is 26.2 Å². The number of likely N-dealkylation sites (tertiary alicyclic amines) is 1. The standard InChI is InChI=1S/C8H16N2O3S/c1-2-8(11)10-5-3-4-7(10)6-14(9,12)13/h7H,2-6H2,1H3,(H2,9,12,13). The van der Waals surface area contributed by atoms with Gasteiger partial charge < -0.3 is 4.90 Å². The second-order valence-corrected chi connectivity index (χ2v) is 5.23. The molecule has 1 amide bonds. The Hall–Kier alpha value is -0.620. The van der Waals surface area contributed by atoms with Crippen LogP contribution >= 0.6 is 0 Å². The average Bonchev–Trinajstić information content (AvgIpc) is 2.48. The Bertz CT molecular complexity index is 313. The normalized spacial score (nSPS) is 22.7. The third-order valence-corrected chi connectivity index (χ3v) is 3.27. The van der Waals surface area contributed by atoms with Crippen molar-refractivity contribution in [2.24, 2.45) is 5.14 Å². The van der Waals surface area contributed by atoms with E-state index in [4.69, 9.17) is 5.14 Å². The van der Waals surface area contributed by atoms with Crippen LogP contribution in [-0.4, -0.2) is 37.6 Å². The molecule has 1 aliphatic heterocycles. The summed E-state index contributed by atoms with van der Waals surface area (Å²) in [7, 11) is -3.48. The largest absolute Gasteiger partial charge is 0.339 e. The zero-order chi connectivity index (χ0) is 10.8. The van der Waals surface area contributed by atoms with Gasteiger partial charge in [-0.05, 0) is 12.8 Å². The molecule has 0 saturated carbocycles. The van der Waals surface area contributed by atoms with Gasteiger partial charge in [0.05, 0.1) is 5.75 Å². The number of nitrogens with zero attached hydrogens (tertiary/aromatic N) is 1. The van der Waals surface area contributed by atoms with E-state index in [1.54, 1.807) is 11.8 Å². The number of nitrogens with two attached hydrogens (primary N) is 1. The van der Waals surface area contributed by atoms with Crippen molar-refractivity contribution >= 4 is 15.9 Å². The minimum absolute atomic E-state index is 0.0103. The van der Waals surface area contributed by atoms with Gasteiger partial charge in [0.25, 0.3) is 0 Å². The molecule has 0 aromatic carbocycles. The van der Waals surface area contributed by atoms with Crippen molar-refractivity contribution in [1.29, 1.82) is 0 Å². The van der Waals surface area contributed by atoms with E-state index >= 15 is 0 Å². The van der Waals surface area contributed by atoms with Gasteiger partial charge in [0, 0.05) is 19.0 Å². The summed E-state index contributed by atoms with van der Waals surface area (Å²) < 4.78 is 21.8. The summed E-state index contributed by atoms with van der Waals surface area (Å²) in [5.74, 6) is -0.102. The van der Waals surface area contributed by atoms with Gasteiger partial charge in [0.1, 0.15) is 0 Å². The van der Waals surface area contributed by atoms with Gasteiger partial charge >= 0.3 is 0 Å². The van der Waals surface area contributed by atoms with E-state index in [2.05, 4.69) is 0 Å². The summed E-state index contributed by atoms with van der Waals surface area (Å²) >= 11 is 0. The van der Waals surface area contributed by atoms with Crippen LogP contribution in [0.5, 0.6) is 0 Å². The summed E-state index contributed by atoms with van der Waals surface area (Å²) in [5, 5.41) is 4.95. The van der Waals surface area contributed by atoms with E-state index in [1.165, 1.54) is 0 Å². The summed E-state index contributed by atoms with van der Waals surface area (Å²) in [6, 6.07) is -0.211. The zero-order valence-electron chi connectivity index (χ0n) is 8.27. The molecule has 5 nitrogen and oxygen atoms in total. The fraction of sp³-hybridized carbons (Fsp3) is 0.875. The molecule has 1 aliphatic rings. The maximum atomic E-state index is 11.4. The Labute approximate surface area is 84.3 Å². The first-order valence-corrected chi connectivity index (χ1v) is 6.45. The molecule has 1 saturated heterocycles. The van der Waals surface area contributed by atoms with Crippen molar-refractivity contribution in [2.45, 2.75) is 32.2 Å². The maximum absolute atomic E-state index is 11.4. The van der Waals surface area contributed by atoms with E-state index in [1.807, 2.05) is 0 Å². The number of carbonyl (C=O) groups excluding carboxylic acids is 1. The highest BCUT2D eigenvalue weighted by atomic mass is 32.2. The minimum atomic E-state index is -3.48. The Morgan fingerprint density at radius 1 is 1.57 bits per heavy atom. The van der Waals surface area contributed by atoms with Crippen LogP contribution in [0.15, 0.2) is 0 Å². The van der Waals surface area contributed by atoms with Crippen molar-refractivity contribution in [3.05, 3.63) is 0 Å². The molecular formula is C8H16N2O3S. The molecule has 1 heterocycles. The zero-order valence-corrected chi connectivity index (χ0v) is 9.09. The van der Waals surface area contributed by atoms with Gasteiger partial charge in [0.15, 0.2) is 0 Å². The first kappa shape index (κ1) is 11.5. The van der Waals surface area contributed by atoms with E-state index in [0.29, 0.717) is 13.0 Å². The molecule has 1 atom stereocenters. The van der Waals surface area contributed by atoms with Gasteiger partial charge in [-0.15, -0.1) is 0 Å². The fourth-order valence-corrected chi connectivity index (χ4v) is 2.69. The molecule has 0 aliphatic carbocycles. The van der Waals surface area contributed by atoms with Gasteiger partial charge in [-0.3, -0.25) is 4.79 Å². The first-order valence-electron chi connectivity index (χ1n) is 4.74. The Morgan fingerprint density at radius 2 is 2.21 bits per heavy atom. The molecule has 6 heteroatoms. The number of amides is 1. The van der Waals surface area contributed by atoms with Crippen LogP contribution < -0.4 is 5.14 Å². The second-order valence-electron chi connectivity index (χ2n) is 3.57. The quantitative estimate of drug-likeness (QED) is 0.707. The Morgan fingerprint density at radius 3 is 2.71 bits per heavy atom. The van der Waals surface area contributed by atoms with Crippen LogP contribution in [0.4, 0.5) is 0 Å². The van der Waals surface area contributed by atoms with Crippen molar-refractivity contribution in [3.8, 4) is 0 Å². The van der Waals surface area contributed by atoms with Crippen molar-refractivity contribution in [1.82, 2.24) is 4.90 Å². The summed E-state index contributed by atoms with van der Waals surface area (Å²) in [5.41, 5.74) is 0. The van der Waals surface area contributed by atoms with Gasteiger partial charge in [-0.1, -0.05) is 6.92 Å². The molecule has 0 spiro atoms. The molecule has 14 heavy (non-hydrogen) atoms. The fourth-order valence-electron chi connectivity index (χ4n) is 1.81. The third-order valence-electron chi connectivity index (χ3n) is 2.42. The lowest BCUT2D eigenvalue weighted by Gasteiger charge is -2.23. The highest BCUT2D eigenvalue weighted by Crippen LogP contribution is 2.18. The lowest BCUT2D eigenvalue weighted by Crippen LogP contribution is -2.40. The molecule has 1 fully saturated rings. The highest BCUT2D eigenvalue weighted by Gasteiger charge is 2.30. The monoisotopic (exact) mass is 220 g/mol. The van der Waals surface area contributed by atoms with E-state index in [9.17, 15) is 13.2 Å². The third kappa shape index (κ3) is 2.95. The highest BCUT2D eigenvalue weighted by molar-refractivity contribution is 7.89. The van der Waals surface area contributed by atoms with Gasteiger partial charge in [-0.25, -0.2) is 13.6 Å². The Kier molecular flexibility index (Phi) is 3.49. The SMILES string of the molecule is CCC(=O)N1CCCC1CS(N)(=O)=O. The van der Waals surface area contributed by atoms with E-state index in [-0.39, 0.29) is 17.7 Å². The maximum Gasteiger partial charge on any atom is 0.222 e. The van der Waals surface area contributed by atoms with E-state index in [0.717, 1.165) is 12.8 Å². The number of rotatable bonds is 3. The van der Waals surface area contributed by atoms with Crippen molar-refractivity contribution in [3.63, 3.8) is 0 Å².